The number of hydrogen-bond donors (Lipinski definition) is 1. The third-order valence-electron chi connectivity index (χ3n) is 3.57. The van der Waals surface area contributed by atoms with E-state index in [1.165, 1.54) is 19.4 Å². The van der Waals surface area contributed by atoms with E-state index in [0.29, 0.717) is 17.4 Å². The topological polar surface area (TPSA) is 58.1 Å². The van der Waals surface area contributed by atoms with Gasteiger partial charge in [0.25, 0.3) is 5.91 Å². The van der Waals surface area contributed by atoms with Crippen molar-refractivity contribution in [2.24, 2.45) is 5.92 Å². The summed E-state index contributed by atoms with van der Waals surface area (Å²) in [5, 5.41) is 2.61. The van der Waals surface area contributed by atoms with Crippen molar-refractivity contribution in [1.82, 2.24) is 20.2 Å². The van der Waals surface area contributed by atoms with E-state index in [4.69, 9.17) is 0 Å². The lowest BCUT2D eigenvalue weighted by Gasteiger charge is -2.29. The van der Waals surface area contributed by atoms with Crippen LogP contribution in [0.1, 0.15) is 34.8 Å². The summed E-state index contributed by atoms with van der Waals surface area (Å²) in [5.41, 5.74) is 1.44. The number of carbonyl (C=O) groups excluding carboxylic acids is 1. The lowest BCUT2D eigenvalue weighted by atomic mass is 9.93. The molecule has 1 saturated heterocycles. The number of carbonyl (C=O) groups is 1. The summed E-state index contributed by atoms with van der Waals surface area (Å²) in [4.78, 5) is 22.7. The van der Waals surface area contributed by atoms with Crippen LogP contribution >= 0.6 is 0 Å². The van der Waals surface area contributed by atoms with E-state index in [-0.39, 0.29) is 5.91 Å². The summed E-state index contributed by atoms with van der Waals surface area (Å²) >= 11 is 0. The fourth-order valence-corrected chi connectivity index (χ4v) is 2.71. The number of nitrogens with zero attached hydrogens (tertiary/aromatic N) is 3. The van der Waals surface area contributed by atoms with Crippen molar-refractivity contribution in [3.8, 4) is 0 Å². The van der Waals surface area contributed by atoms with E-state index >= 15 is 0 Å². The van der Waals surface area contributed by atoms with Gasteiger partial charge in [0, 0.05) is 19.3 Å². The summed E-state index contributed by atoms with van der Waals surface area (Å²) in [5.74, 6) is 1.15. The molecule has 0 spiro atoms. The molecule has 0 aliphatic carbocycles. The van der Waals surface area contributed by atoms with Crippen LogP contribution in [0.5, 0.6) is 0 Å². The molecule has 1 aromatic heterocycles. The molecule has 104 valence electrons. The normalized spacial score (nSPS) is 20.3. The minimum absolute atomic E-state index is 0.146. The van der Waals surface area contributed by atoms with Crippen LogP contribution in [0.25, 0.3) is 0 Å². The monoisotopic (exact) mass is 262 g/mol. The van der Waals surface area contributed by atoms with E-state index in [9.17, 15) is 4.79 Å². The van der Waals surface area contributed by atoms with Gasteiger partial charge in [-0.05, 0) is 51.8 Å². The van der Waals surface area contributed by atoms with Gasteiger partial charge in [-0.15, -0.1) is 0 Å². The predicted molar refractivity (Wildman–Crippen MR) is 74.1 cm³/mol. The van der Waals surface area contributed by atoms with Crippen molar-refractivity contribution in [2.45, 2.75) is 26.2 Å². The molecule has 1 atom stereocenters. The van der Waals surface area contributed by atoms with Crippen LogP contribution in [-0.4, -0.2) is 48.0 Å². The zero-order valence-electron chi connectivity index (χ0n) is 11.9. The Balaban J connectivity index is 2.11. The summed E-state index contributed by atoms with van der Waals surface area (Å²) in [6, 6.07) is 1.82. The van der Waals surface area contributed by atoms with Gasteiger partial charge < -0.3 is 10.2 Å². The number of hydrogen-bond acceptors (Lipinski definition) is 4. The molecule has 0 saturated carbocycles. The molecule has 2 rings (SSSR count). The Bertz CT molecular complexity index is 461. The number of aryl methyl sites for hydroxylation is 1. The second kappa shape index (κ2) is 6.10. The Morgan fingerprint density at radius 2 is 2.32 bits per heavy atom. The van der Waals surface area contributed by atoms with Crippen molar-refractivity contribution in [3.63, 3.8) is 0 Å². The predicted octanol–water partition coefficient (Wildman–Crippen LogP) is 1.03. The van der Waals surface area contributed by atoms with Gasteiger partial charge in [-0.3, -0.25) is 4.79 Å². The Morgan fingerprint density at radius 3 is 3.00 bits per heavy atom. The van der Waals surface area contributed by atoms with Crippen LogP contribution in [-0.2, 0) is 6.42 Å². The van der Waals surface area contributed by atoms with Crippen molar-refractivity contribution < 1.29 is 4.79 Å². The average Bonchev–Trinajstić information content (AvgIpc) is 2.37. The lowest BCUT2D eigenvalue weighted by Crippen LogP contribution is -2.33. The van der Waals surface area contributed by atoms with Crippen LogP contribution in [0.3, 0.4) is 0 Å². The third kappa shape index (κ3) is 3.73. The highest BCUT2D eigenvalue weighted by atomic mass is 16.1. The minimum atomic E-state index is -0.146. The summed E-state index contributed by atoms with van der Waals surface area (Å²) in [6.07, 6.45) is 3.41. The van der Waals surface area contributed by atoms with E-state index in [1.807, 2.05) is 13.0 Å². The van der Waals surface area contributed by atoms with Gasteiger partial charge in [-0.25, -0.2) is 9.97 Å². The van der Waals surface area contributed by atoms with Crippen LogP contribution < -0.4 is 5.32 Å². The first-order chi connectivity index (χ1) is 9.08. The minimum Gasteiger partial charge on any atom is -0.354 e. The highest BCUT2D eigenvalue weighted by Crippen LogP contribution is 2.19. The SMILES string of the molecule is CNC(=O)c1cc(C[C@H]2CCCN(C)C2)nc(C)n1. The first kappa shape index (κ1) is 13.9. The van der Waals surface area contributed by atoms with Crippen molar-refractivity contribution in [2.75, 3.05) is 27.2 Å². The third-order valence-corrected chi connectivity index (χ3v) is 3.57. The number of piperidine rings is 1. The first-order valence-electron chi connectivity index (χ1n) is 6.83. The first-order valence-corrected chi connectivity index (χ1v) is 6.83. The molecule has 1 aromatic rings. The van der Waals surface area contributed by atoms with E-state index in [2.05, 4.69) is 27.2 Å². The second-order valence-corrected chi connectivity index (χ2v) is 5.35. The number of aromatic nitrogens is 2. The van der Waals surface area contributed by atoms with Gasteiger partial charge in [0.1, 0.15) is 11.5 Å². The summed E-state index contributed by atoms with van der Waals surface area (Å²) < 4.78 is 0. The molecule has 0 aromatic carbocycles. The maximum atomic E-state index is 11.7. The summed E-state index contributed by atoms with van der Waals surface area (Å²) in [6.45, 7) is 4.13. The molecule has 5 heteroatoms. The molecule has 1 amide bonds. The zero-order chi connectivity index (χ0) is 13.8. The molecule has 1 aliphatic heterocycles. The molecule has 1 aliphatic rings. The fraction of sp³-hybridized carbons (Fsp3) is 0.643. The molecule has 19 heavy (non-hydrogen) atoms. The van der Waals surface area contributed by atoms with Crippen molar-refractivity contribution in [1.29, 1.82) is 0 Å². The number of rotatable bonds is 3. The molecule has 1 N–H and O–H groups in total. The van der Waals surface area contributed by atoms with Gasteiger partial charge in [0.2, 0.25) is 0 Å². The zero-order valence-corrected chi connectivity index (χ0v) is 11.9. The molecule has 0 unspecified atom stereocenters. The summed E-state index contributed by atoms with van der Waals surface area (Å²) in [7, 11) is 3.78. The van der Waals surface area contributed by atoms with Gasteiger partial charge >= 0.3 is 0 Å². The van der Waals surface area contributed by atoms with Gasteiger partial charge in [0.05, 0.1) is 0 Å². The maximum absolute atomic E-state index is 11.7. The van der Waals surface area contributed by atoms with Gasteiger partial charge in [-0.2, -0.15) is 0 Å². The standard InChI is InChI=1S/C14H22N4O/c1-10-16-12(8-13(17-10)14(19)15-2)7-11-5-4-6-18(3)9-11/h8,11H,4-7,9H2,1-3H3,(H,15,19)/t11-/m1/s1. The lowest BCUT2D eigenvalue weighted by molar-refractivity contribution is 0.0957. The van der Waals surface area contributed by atoms with Gasteiger partial charge in [0.15, 0.2) is 0 Å². The van der Waals surface area contributed by atoms with Crippen molar-refractivity contribution in [3.05, 3.63) is 23.3 Å². The Hall–Kier alpha value is -1.49. The Labute approximate surface area is 114 Å². The number of likely N-dealkylation sites (tertiary alicyclic amines) is 1. The fourth-order valence-electron chi connectivity index (χ4n) is 2.71. The van der Waals surface area contributed by atoms with Crippen LogP contribution in [0, 0.1) is 12.8 Å². The van der Waals surface area contributed by atoms with E-state index in [1.54, 1.807) is 7.05 Å². The highest BCUT2D eigenvalue weighted by Gasteiger charge is 2.19. The quantitative estimate of drug-likeness (QED) is 0.884. The molecule has 5 nitrogen and oxygen atoms in total. The Kier molecular flexibility index (Phi) is 4.47. The van der Waals surface area contributed by atoms with Crippen LogP contribution in [0.4, 0.5) is 0 Å². The maximum Gasteiger partial charge on any atom is 0.269 e. The Morgan fingerprint density at radius 1 is 1.53 bits per heavy atom. The molecule has 2 heterocycles. The van der Waals surface area contributed by atoms with Crippen LogP contribution in [0.2, 0.25) is 0 Å². The van der Waals surface area contributed by atoms with Crippen LogP contribution in [0.15, 0.2) is 6.07 Å². The smallest absolute Gasteiger partial charge is 0.269 e. The van der Waals surface area contributed by atoms with Gasteiger partial charge in [-0.1, -0.05) is 0 Å². The molecule has 1 fully saturated rings. The molecular formula is C14H22N4O. The van der Waals surface area contributed by atoms with E-state index in [0.717, 1.165) is 18.7 Å². The molecule has 0 bridgehead atoms. The number of amides is 1. The number of nitrogens with one attached hydrogen (secondary N) is 1. The molecule has 0 radical (unpaired) electrons. The second-order valence-electron chi connectivity index (χ2n) is 5.35. The largest absolute Gasteiger partial charge is 0.354 e. The highest BCUT2D eigenvalue weighted by molar-refractivity contribution is 5.92. The molecular weight excluding hydrogens is 240 g/mol. The van der Waals surface area contributed by atoms with E-state index < -0.39 is 0 Å². The van der Waals surface area contributed by atoms with Crippen molar-refractivity contribution >= 4 is 5.91 Å². The average molecular weight is 262 g/mol.